The highest BCUT2D eigenvalue weighted by Gasteiger charge is 2.21. The number of hydrogen-bond acceptors (Lipinski definition) is 3. The second-order valence-electron chi connectivity index (χ2n) is 5.30. The third-order valence-electron chi connectivity index (χ3n) is 1.44. The Morgan fingerprint density at radius 1 is 0.933 bits per heavy atom. The van der Waals surface area contributed by atoms with Gasteiger partial charge in [-0.3, -0.25) is 9.59 Å². The molecular weight excluding hydrogens is 196 g/mol. The zero-order valence-electron chi connectivity index (χ0n) is 10.7. The normalized spacial score (nSPS) is 11.1. The molecule has 4 heteroatoms. The Morgan fingerprint density at radius 2 is 1.20 bits per heavy atom. The Morgan fingerprint density at radius 3 is 1.20 bits per heavy atom. The molecule has 0 saturated carbocycles. The Bertz CT molecular complexity index is 218. The van der Waals surface area contributed by atoms with Gasteiger partial charge in [-0.15, -0.1) is 0 Å². The van der Waals surface area contributed by atoms with E-state index in [9.17, 15) is 9.59 Å². The topological polar surface area (TPSA) is 63.6 Å². The highest BCUT2D eigenvalue weighted by atomic mass is 16.5. The van der Waals surface area contributed by atoms with E-state index in [1.54, 1.807) is 20.8 Å². The smallest absolute Gasteiger partial charge is 0.310 e. The lowest BCUT2D eigenvalue weighted by Gasteiger charge is -2.13. The molecule has 15 heavy (non-hydrogen) atoms. The van der Waals surface area contributed by atoms with Crippen LogP contribution in [0.4, 0.5) is 0 Å². The number of carboxylic acid groups (broad SMARTS) is 1. The summed E-state index contributed by atoms with van der Waals surface area (Å²) in [6.07, 6.45) is 0. The molecule has 0 atom stereocenters. The lowest BCUT2D eigenvalue weighted by Crippen LogP contribution is -2.21. The second-order valence-corrected chi connectivity index (χ2v) is 5.30. The Labute approximate surface area is 91.6 Å². The molecular formula is C11H22O4. The number of carboxylic acids is 1. The molecule has 0 fully saturated rings. The lowest BCUT2D eigenvalue weighted by atomic mass is 9.98. The van der Waals surface area contributed by atoms with Gasteiger partial charge in [-0.1, -0.05) is 0 Å². The van der Waals surface area contributed by atoms with E-state index in [1.165, 1.54) is 7.11 Å². The van der Waals surface area contributed by atoms with Crippen LogP contribution in [0, 0.1) is 10.8 Å². The quantitative estimate of drug-likeness (QED) is 0.634. The number of carbonyl (C=O) groups excluding carboxylic acids is 1. The summed E-state index contributed by atoms with van der Waals surface area (Å²) in [5.41, 5.74) is -0.936. The van der Waals surface area contributed by atoms with Gasteiger partial charge in [0.05, 0.1) is 17.9 Å². The number of aliphatic carboxylic acids is 1. The number of esters is 1. The summed E-state index contributed by atoms with van der Waals surface area (Å²) in [5, 5.41) is 8.25. The number of methoxy groups -OCH3 is 1. The van der Waals surface area contributed by atoms with Crippen LogP contribution in [-0.4, -0.2) is 24.2 Å². The van der Waals surface area contributed by atoms with Crippen LogP contribution < -0.4 is 0 Å². The van der Waals surface area contributed by atoms with Gasteiger partial charge < -0.3 is 9.84 Å². The van der Waals surface area contributed by atoms with Crippen molar-refractivity contribution < 1.29 is 19.4 Å². The fourth-order valence-corrected chi connectivity index (χ4v) is 0.306. The van der Waals surface area contributed by atoms with E-state index in [0.717, 1.165) is 0 Å². The minimum atomic E-state index is -0.757. The highest BCUT2D eigenvalue weighted by Crippen LogP contribution is 2.13. The molecule has 0 saturated heterocycles. The van der Waals surface area contributed by atoms with E-state index in [4.69, 9.17) is 5.11 Å². The average Bonchev–Trinajstić information content (AvgIpc) is 2.00. The fraction of sp³-hybridized carbons (Fsp3) is 0.818. The Balaban J connectivity index is 0. The SMILES string of the molecule is CC(C)(C)C(=O)O.COC(=O)C(C)(C)C. The van der Waals surface area contributed by atoms with E-state index in [1.807, 2.05) is 20.8 Å². The molecule has 0 amide bonds. The van der Waals surface area contributed by atoms with Gasteiger partial charge in [-0.25, -0.2) is 0 Å². The van der Waals surface area contributed by atoms with Gasteiger partial charge in [0.25, 0.3) is 0 Å². The molecule has 0 aromatic rings. The van der Waals surface area contributed by atoms with Crippen LogP contribution >= 0.6 is 0 Å². The summed E-state index contributed by atoms with van der Waals surface area (Å²) in [4.78, 5) is 20.6. The maximum Gasteiger partial charge on any atom is 0.310 e. The minimum absolute atomic E-state index is 0.169. The summed E-state index contributed by atoms with van der Waals surface area (Å²) in [5.74, 6) is -0.926. The number of rotatable bonds is 0. The van der Waals surface area contributed by atoms with Crippen LogP contribution in [0.1, 0.15) is 41.5 Å². The fourth-order valence-electron chi connectivity index (χ4n) is 0.306. The van der Waals surface area contributed by atoms with Crippen LogP contribution in [-0.2, 0) is 14.3 Å². The molecule has 0 aliphatic heterocycles. The first-order chi connectivity index (χ1) is 6.42. The molecule has 0 aromatic heterocycles. The van der Waals surface area contributed by atoms with Crippen LogP contribution in [0.15, 0.2) is 0 Å². The number of carbonyl (C=O) groups is 2. The molecule has 0 aliphatic carbocycles. The molecule has 0 heterocycles. The van der Waals surface area contributed by atoms with Gasteiger partial charge in [0.1, 0.15) is 0 Å². The molecule has 0 unspecified atom stereocenters. The zero-order chi connectivity index (χ0) is 12.9. The van der Waals surface area contributed by atoms with E-state index in [-0.39, 0.29) is 11.4 Å². The summed E-state index contributed by atoms with van der Waals surface area (Å²) in [6, 6.07) is 0. The van der Waals surface area contributed by atoms with Crippen LogP contribution in [0.25, 0.3) is 0 Å². The first-order valence-electron chi connectivity index (χ1n) is 4.74. The summed E-state index contributed by atoms with van der Waals surface area (Å²) >= 11 is 0. The van der Waals surface area contributed by atoms with Crippen LogP contribution in [0.3, 0.4) is 0 Å². The summed E-state index contributed by atoms with van der Waals surface area (Å²) < 4.78 is 4.48. The number of hydrogen-bond donors (Lipinski definition) is 1. The minimum Gasteiger partial charge on any atom is -0.481 e. The maximum absolute atomic E-state index is 10.6. The van der Waals surface area contributed by atoms with Crippen LogP contribution in [0.2, 0.25) is 0 Å². The monoisotopic (exact) mass is 218 g/mol. The van der Waals surface area contributed by atoms with Gasteiger partial charge in [-0.2, -0.15) is 0 Å². The number of ether oxygens (including phenoxy) is 1. The molecule has 1 N–H and O–H groups in total. The Hall–Kier alpha value is -1.06. The maximum atomic E-state index is 10.6. The van der Waals surface area contributed by atoms with E-state index in [2.05, 4.69) is 4.74 Å². The van der Waals surface area contributed by atoms with Crippen molar-refractivity contribution in [3.05, 3.63) is 0 Å². The molecule has 0 aromatic carbocycles. The van der Waals surface area contributed by atoms with Gasteiger partial charge in [0.2, 0.25) is 0 Å². The molecule has 0 bridgehead atoms. The van der Waals surface area contributed by atoms with Crippen molar-refractivity contribution in [2.75, 3.05) is 7.11 Å². The summed E-state index contributed by atoms with van der Waals surface area (Å²) in [6.45, 7) is 10.4. The van der Waals surface area contributed by atoms with Gasteiger partial charge in [-0.05, 0) is 41.5 Å². The average molecular weight is 218 g/mol. The van der Waals surface area contributed by atoms with Gasteiger partial charge in [0.15, 0.2) is 0 Å². The van der Waals surface area contributed by atoms with Crippen molar-refractivity contribution in [2.45, 2.75) is 41.5 Å². The third kappa shape index (κ3) is 9.25. The van der Waals surface area contributed by atoms with Gasteiger partial charge in [0, 0.05) is 0 Å². The van der Waals surface area contributed by atoms with E-state index < -0.39 is 11.4 Å². The summed E-state index contributed by atoms with van der Waals surface area (Å²) in [7, 11) is 1.40. The molecule has 0 rings (SSSR count). The van der Waals surface area contributed by atoms with Crippen LogP contribution in [0.5, 0.6) is 0 Å². The van der Waals surface area contributed by atoms with Crippen molar-refractivity contribution in [1.82, 2.24) is 0 Å². The van der Waals surface area contributed by atoms with E-state index in [0.29, 0.717) is 0 Å². The first kappa shape index (κ1) is 16.4. The molecule has 0 radical (unpaired) electrons. The first-order valence-corrected chi connectivity index (χ1v) is 4.74. The van der Waals surface area contributed by atoms with Gasteiger partial charge >= 0.3 is 11.9 Å². The van der Waals surface area contributed by atoms with Crippen molar-refractivity contribution in [3.8, 4) is 0 Å². The predicted molar refractivity (Wildman–Crippen MR) is 58.6 cm³/mol. The zero-order valence-corrected chi connectivity index (χ0v) is 10.7. The lowest BCUT2D eigenvalue weighted by molar-refractivity contribution is -0.149. The predicted octanol–water partition coefficient (Wildman–Crippen LogP) is 2.32. The third-order valence-corrected chi connectivity index (χ3v) is 1.44. The molecule has 0 aliphatic rings. The van der Waals surface area contributed by atoms with Crippen molar-refractivity contribution in [3.63, 3.8) is 0 Å². The standard InChI is InChI=1S/C6H12O2.C5H10O2/c1-6(2,3)5(7)8-4;1-5(2,3)4(6)7/h1-4H3;1-3H3,(H,6,7). The largest absolute Gasteiger partial charge is 0.481 e. The molecule has 4 nitrogen and oxygen atoms in total. The van der Waals surface area contributed by atoms with Crippen molar-refractivity contribution >= 4 is 11.9 Å². The van der Waals surface area contributed by atoms with Crippen molar-refractivity contribution in [1.29, 1.82) is 0 Å². The van der Waals surface area contributed by atoms with E-state index >= 15 is 0 Å². The highest BCUT2D eigenvalue weighted by molar-refractivity contribution is 5.75. The Kier molecular flexibility index (Phi) is 6.26. The molecule has 0 spiro atoms. The molecule has 90 valence electrons. The van der Waals surface area contributed by atoms with Crippen molar-refractivity contribution in [2.24, 2.45) is 10.8 Å². The second kappa shape index (κ2) is 5.73.